The average molecular weight is 330 g/mol. The van der Waals surface area contributed by atoms with E-state index in [2.05, 4.69) is 15.9 Å². The van der Waals surface area contributed by atoms with Crippen molar-refractivity contribution >= 4 is 44.7 Å². The van der Waals surface area contributed by atoms with E-state index in [9.17, 15) is 4.79 Å². The molecule has 0 aliphatic carbocycles. The molecule has 0 aliphatic rings. The zero-order chi connectivity index (χ0) is 12.3. The SMILES string of the molecule is O=C(Cc1ccc(Br)s1)Cc1ccccc1Cl. The van der Waals surface area contributed by atoms with Crippen LogP contribution in [0.3, 0.4) is 0 Å². The number of hydrogen-bond donors (Lipinski definition) is 0. The van der Waals surface area contributed by atoms with Crippen LogP contribution in [0.25, 0.3) is 0 Å². The molecule has 1 aromatic carbocycles. The Kier molecular flexibility index (Phi) is 4.37. The van der Waals surface area contributed by atoms with Gasteiger partial charge in [0.15, 0.2) is 0 Å². The zero-order valence-corrected chi connectivity index (χ0v) is 12.1. The molecule has 0 spiro atoms. The van der Waals surface area contributed by atoms with E-state index < -0.39 is 0 Å². The lowest BCUT2D eigenvalue weighted by molar-refractivity contribution is -0.117. The summed E-state index contributed by atoms with van der Waals surface area (Å²) in [5.74, 6) is 0.187. The Morgan fingerprint density at radius 2 is 1.94 bits per heavy atom. The molecule has 0 atom stereocenters. The van der Waals surface area contributed by atoms with Gasteiger partial charge in [-0.05, 0) is 39.7 Å². The molecule has 2 aromatic rings. The van der Waals surface area contributed by atoms with E-state index in [0.29, 0.717) is 17.9 Å². The van der Waals surface area contributed by atoms with Gasteiger partial charge in [0.25, 0.3) is 0 Å². The first kappa shape index (κ1) is 12.8. The van der Waals surface area contributed by atoms with Gasteiger partial charge < -0.3 is 0 Å². The molecule has 0 amide bonds. The van der Waals surface area contributed by atoms with Gasteiger partial charge in [-0.2, -0.15) is 0 Å². The molecule has 0 saturated carbocycles. The second-order valence-corrected chi connectivity index (χ2v) is 6.64. The fraction of sp³-hybridized carbons (Fsp3) is 0.154. The lowest BCUT2D eigenvalue weighted by Gasteiger charge is -2.02. The quantitative estimate of drug-likeness (QED) is 0.806. The van der Waals surface area contributed by atoms with Crippen molar-refractivity contribution in [2.45, 2.75) is 12.8 Å². The minimum Gasteiger partial charge on any atom is -0.299 e. The van der Waals surface area contributed by atoms with Gasteiger partial charge in [-0.1, -0.05) is 29.8 Å². The predicted molar refractivity (Wildman–Crippen MR) is 75.9 cm³/mol. The highest BCUT2D eigenvalue weighted by atomic mass is 79.9. The maximum atomic E-state index is 11.9. The van der Waals surface area contributed by atoms with Crippen molar-refractivity contribution in [3.05, 3.63) is 55.6 Å². The second kappa shape index (κ2) is 5.80. The highest BCUT2D eigenvalue weighted by molar-refractivity contribution is 9.11. The third-order valence-corrected chi connectivity index (χ3v) is 4.34. The summed E-state index contributed by atoms with van der Waals surface area (Å²) in [5, 5.41) is 0.660. The highest BCUT2D eigenvalue weighted by Gasteiger charge is 2.09. The third kappa shape index (κ3) is 3.66. The standard InChI is InChI=1S/C13H10BrClOS/c14-13-6-5-11(17-13)8-10(16)7-9-3-1-2-4-12(9)15/h1-6H,7-8H2. The molecule has 2 rings (SSSR count). The molecule has 4 heteroatoms. The predicted octanol–water partition coefficient (Wildman–Crippen LogP) is 4.52. The van der Waals surface area contributed by atoms with Crippen LogP contribution in [-0.2, 0) is 17.6 Å². The Morgan fingerprint density at radius 1 is 1.18 bits per heavy atom. The highest BCUT2D eigenvalue weighted by Crippen LogP contribution is 2.23. The summed E-state index contributed by atoms with van der Waals surface area (Å²) in [6.07, 6.45) is 0.872. The van der Waals surface area contributed by atoms with Gasteiger partial charge in [-0.3, -0.25) is 4.79 Å². The number of halogens is 2. The first-order chi connectivity index (χ1) is 8.15. The van der Waals surface area contributed by atoms with Crippen LogP contribution in [0.1, 0.15) is 10.4 Å². The fourth-order valence-corrected chi connectivity index (χ4v) is 3.27. The molecule has 88 valence electrons. The summed E-state index contributed by atoms with van der Waals surface area (Å²) >= 11 is 11.0. The van der Waals surface area contributed by atoms with Gasteiger partial charge in [-0.25, -0.2) is 0 Å². The number of ketones is 1. The lowest BCUT2D eigenvalue weighted by atomic mass is 10.1. The van der Waals surface area contributed by atoms with Crippen molar-refractivity contribution in [1.29, 1.82) is 0 Å². The Balaban J connectivity index is 2.01. The normalized spacial score (nSPS) is 10.5. The molecular weight excluding hydrogens is 320 g/mol. The summed E-state index contributed by atoms with van der Waals surface area (Å²) in [4.78, 5) is 13.0. The minimum atomic E-state index is 0.187. The van der Waals surface area contributed by atoms with Crippen LogP contribution in [-0.4, -0.2) is 5.78 Å². The number of benzene rings is 1. The van der Waals surface area contributed by atoms with Crippen molar-refractivity contribution in [2.24, 2.45) is 0 Å². The van der Waals surface area contributed by atoms with Crippen molar-refractivity contribution in [3.63, 3.8) is 0 Å². The molecule has 0 bridgehead atoms. The summed E-state index contributed by atoms with van der Waals surface area (Å²) < 4.78 is 1.05. The Labute approximate surface area is 118 Å². The average Bonchev–Trinajstić information content (AvgIpc) is 2.67. The molecule has 17 heavy (non-hydrogen) atoms. The summed E-state index contributed by atoms with van der Waals surface area (Å²) in [5.41, 5.74) is 0.898. The Hall–Kier alpha value is -0.640. The van der Waals surface area contributed by atoms with Crippen molar-refractivity contribution < 1.29 is 4.79 Å². The third-order valence-electron chi connectivity index (χ3n) is 2.35. The van der Waals surface area contributed by atoms with E-state index in [1.54, 1.807) is 11.3 Å². The van der Waals surface area contributed by atoms with Crippen molar-refractivity contribution in [3.8, 4) is 0 Å². The molecule has 1 nitrogen and oxygen atoms in total. The largest absolute Gasteiger partial charge is 0.299 e. The smallest absolute Gasteiger partial charge is 0.142 e. The number of Topliss-reactive ketones (excluding diaryl/α,β-unsaturated/α-hetero) is 1. The monoisotopic (exact) mass is 328 g/mol. The van der Waals surface area contributed by atoms with Crippen molar-refractivity contribution in [1.82, 2.24) is 0 Å². The maximum Gasteiger partial charge on any atom is 0.142 e. The molecule has 1 aromatic heterocycles. The molecule has 0 fully saturated rings. The molecule has 0 N–H and O–H groups in total. The molecule has 0 unspecified atom stereocenters. The van der Waals surface area contributed by atoms with E-state index in [0.717, 1.165) is 14.2 Å². The van der Waals surface area contributed by atoms with E-state index in [1.165, 1.54) is 0 Å². The van der Waals surface area contributed by atoms with Crippen LogP contribution in [0.4, 0.5) is 0 Å². The zero-order valence-electron chi connectivity index (χ0n) is 8.95. The van der Waals surface area contributed by atoms with Crippen LogP contribution in [0.15, 0.2) is 40.2 Å². The number of hydrogen-bond acceptors (Lipinski definition) is 2. The number of rotatable bonds is 4. The first-order valence-corrected chi connectivity index (χ1v) is 7.13. The maximum absolute atomic E-state index is 11.9. The Bertz CT molecular complexity index is 536. The van der Waals surface area contributed by atoms with Gasteiger partial charge in [0.1, 0.15) is 5.78 Å². The molecule has 0 aliphatic heterocycles. The number of thiophene rings is 1. The molecular formula is C13H10BrClOS. The van der Waals surface area contributed by atoms with Gasteiger partial charge in [0.2, 0.25) is 0 Å². The van der Waals surface area contributed by atoms with Gasteiger partial charge in [0, 0.05) is 22.7 Å². The number of carbonyl (C=O) groups is 1. The summed E-state index contributed by atoms with van der Waals surface area (Å²) in [6.45, 7) is 0. The van der Waals surface area contributed by atoms with Crippen molar-refractivity contribution in [2.75, 3.05) is 0 Å². The summed E-state index contributed by atoms with van der Waals surface area (Å²) in [6, 6.07) is 11.4. The fourth-order valence-electron chi connectivity index (χ4n) is 1.56. The molecule has 1 heterocycles. The lowest BCUT2D eigenvalue weighted by Crippen LogP contribution is -2.05. The first-order valence-electron chi connectivity index (χ1n) is 5.14. The van der Waals surface area contributed by atoms with Crippen LogP contribution >= 0.6 is 38.9 Å². The topological polar surface area (TPSA) is 17.1 Å². The molecule has 0 radical (unpaired) electrons. The Morgan fingerprint density at radius 3 is 2.59 bits per heavy atom. The van der Waals surface area contributed by atoms with Gasteiger partial charge in [0.05, 0.1) is 3.79 Å². The van der Waals surface area contributed by atoms with Crippen LogP contribution in [0, 0.1) is 0 Å². The minimum absolute atomic E-state index is 0.187. The van der Waals surface area contributed by atoms with Gasteiger partial charge in [-0.15, -0.1) is 11.3 Å². The molecule has 0 saturated heterocycles. The van der Waals surface area contributed by atoms with Crippen LogP contribution in [0.5, 0.6) is 0 Å². The van der Waals surface area contributed by atoms with E-state index in [-0.39, 0.29) is 5.78 Å². The van der Waals surface area contributed by atoms with Gasteiger partial charge >= 0.3 is 0 Å². The van der Waals surface area contributed by atoms with Crippen LogP contribution in [0.2, 0.25) is 5.02 Å². The number of carbonyl (C=O) groups excluding carboxylic acids is 1. The van der Waals surface area contributed by atoms with E-state index >= 15 is 0 Å². The van der Waals surface area contributed by atoms with Crippen LogP contribution < -0.4 is 0 Å². The summed E-state index contributed by atoms with van der Waals surface area (Å²) in [7, 11) is 0. The van der Waals surface area contributed by atoms with E-state index in [1.807, 2.05) is 36.4 Å². The van der Waals surface area contributed by atoms with E-state index in [4.69, 9.17) is 11.6 Å². The second-order valence-electron chi connectivity index (χ2n) is 3.69.